The molecule has 0 aromatic carbocycles. The molecule has 9 heteroatoms. The molecule has 4 atom stereocenters. The minimum Gasteiger partial charge on any atom is -0.394 e. The van der Waals surface area contributed by atoms with Crippen LogP contribution < -0.4 is 4.57 Å². The van der Waals surface area contributed by atoms with Gasteiger partial charge < -0.3 is 20.1 Å². The number of hydrogen-bond acceptors (Lipinski definition) is 6. The van der Waals surface area contributed by atoms with E-state index in [0.717, 1.165) is 0 Å². The molecule has 0 aliphatic carbocycles. The fourth-order valence-corrected chi connectivity index (χ4v) is 2.71. The molecule has 1 unspecified atom stereocenters. The smallest absolute Gasteiger partial charge is 0.309 e. The summed E-state index contributed by atoms with van der Waals surface area (Å²) in [6, 6.07) is 0. The van der Waals surface area contributed by atoms with Crippen LogP contribution in [0.1, 0.15) is 6.23 Å². The van der Waals surface area contributed by atoms with Crippen LogP contribution in [0.15, 0.2) is 25.0 Å². The highest BCUT2D eigenvalue weighted by molar-refractivity contribution is 5.82. The quantitative estimate of drug-likeness (QED) is 0.410. The van der Waals surface area contributed by atoms with E-state index in [2.05, 4.69) is 15.0 Å². The molecule has 0 amide bonds. The summed E-state index contributed by atoms with van der Waals surface area (Å²) >= 11 is 0. The van der Waals surface area contributed by atoms with E-state index >= 15 is 0 Å². The first kappa shape index (κ1) is 12.7. The van der Waals surface area contributed by atoms with Crippen LogP contribution in [0, 0.1) is 0 Å². The second-order valence-electron chi connectivity index (χ2n) is 5.01. The third-order valence-electron chi connectivity index (χ3n) is 3.80. The number of fused-ring (bicyclic) bond motifs is 3. The third-order valence-corrected chi connectivity index (χ3v) is 3.80. The Hall–Kier alpha value is -2.07. The van der Waals surface area contributed by atoms with Crippen LogP contribution >= 0.6 is 0 Å². The highest BCUT2D eigenvalue weighted by Crippen LogP contribution is 2.26. The van der Waals surface area contributed by atoms with E-state index in [0.29, 0.717) is 16.8 Å². The van der Waals surface area contributed by atoms with Gasteiger partial charge in [-0.3, -0.25) is 9.38 Å². The van der Waals surface area contributed by atoms with E-state index in [4.69, 9.17) is 9.84 Å². The number of aliphatic hydroxyl groups is 3. The molecule has 3 aromatic heterocycles. The summed E-state index contributed by atoms with van der Waals surface area (Å²) in [6.07, 6.45) is 2.71. The lowest BCUT2D eigenvalue weighted by molar-refractivity contribution is -0.745. The average molecular weight is 292 g/mol. The Bertz CT molecular complexity index is 799. The minimum absolute atomic E-state index is 0.366. The normalized spacial score (nSPS) is 29.7. The molecule has 4 heterocycles. The second-order valence-corrected chi connectivity index (χ2v) is 5.01. The van der Waals surface area contributed by atoms with Crippen molar-refractivity contribution in [3.63, 3.8) is 0 Å². The monoisotopic (exact) mass is 292 g/mol. The lowest BCUT2D eigenvalue weighted by Crippen LogP contribution is -2.45. The van der Waals surface area contributed by atoms with Gasteiger partial charge in [-0.1, -0.05) is 4.98 Å². The maximum atomic E-state index is 10.1. The number of H-pyrrole nitrogens is 1. The van der Waals surface area contributed by atoms with Gasteiger partial charge in [0.15, 0.2) is 18.3 Å². The maximum absolute atomic E-state index is 10.1. The van der Waals surface area contributed by atoms with Crippen LogP contribution in [0.25, 0.3) is 16.8 Å². The summed E-state index contributed by atoms with van der Waals surface area (Å²) in [5, 5.41) is 29.1. The fourth-order valence-electron chi connectivity index (χ4n) is 2.71. The van der Waals surface area contributed by atoms with Gasteiger partial charge in [0.25, 0.3) is 0 Å². The Balaban J connectivity index is 1.84. The molecule has 0 spiro atoms. The molecule has 21 heavy (non-hydrogen) atoms. The summed E-state index contributed by atoms with van der Waals surface area (Å²) < 4.78 is 8.86. The zero-order chi connectivity index (χ0) is 14.6. The molecule has 9 nitrogen and oxygen atoms in total. The second kappa shape index (κ2) is 4.46. The van der Waals surface area contributed by atoms with Crippen molar-refractivity contribution in [2.45, 2.75) is 24.5 Å². The molecular weight excluding hydrogens is 278 g/mol. The number of aromatic nitrogens is 5. The van der Waals surface area contributed by atoms with Crippen molar-refractivity contribution >= 4 is 16.8 Å². The summed E-state index contributed by atoms with van der Waals surface area (Å²) in [5.74, 6) is 0. The molecule has 4 rings (SSSR count). The molecule has 110 valence electrons. The summed E-state index contributed by atoms with van der Waals surface area (Å²) in [7, 11) is 0. The standard InChI is InChI=1S/C12H13N5O4/c18-3-6-8(19)9(20)12(21-6)17-5-14-7-10-13-1-2-16(10)4-15-11(7)17/h1-2,4-6,8-9,12,18-20H,3H2/p+1/t6-,8+,9?,12-/m0/s1. The van der Waals surface area contributed by atoms with E-state index in [1.807, 2.05) is 0 Å². The van der Waals surface area contributed by atoms with Gasteiger partial charge in [-0.05, 0) is 0 Å². The zero-order valence-electron chi connectivity index (χ0n) is 10.9. The first-order chi connectivity index (χ1) is 10.2. The van der Waals surface area contributed by atoms with Crippen molar-refractivity contribution < 1.29 is 24.6 Å². The number of imidazole rings is 2. The van der Waals surface area contributed by atoms with E-state index < -0.39 is 24.5 Å². The highest BCUT2D eigenvalue weighted by atomic mass is 16.6. The van der Waals surface area contributed by atoms with E-state index in [9.17, 15) is 10.2 Å². The van der Waals surface area contributed by atoms with Gasteiger partial charge in [-0.25, -0.2) is 9.55 Å². The highest BCUT2D eigenvalue weighted by Gasteiger charge is 2.46. The Morgan fingerprint density at radius 3 is 2.95 bits per heavy atom. The van der Waals surface area contributed by atoms with Crippen LogP contribution in [-0.4, -0.2) is 59.6 Å². The number of aromatic amines is 1. The van der Waals surface area contributed by atoms with Gasteiger partial charge in [0, 0.05) is 12.4 Å². The molecule has 1 aliphatic rings. The number of hydrogen-bond donors (Lipinski definition) is 4. The van der Waals surface area contributed by atoms with Crippen LogP contribution in [0.5, 0.6) is 0 Å². The van der Waals surface area contributed by atoms with Crippen LogP contribution in [0.2, 0.25) is 0 Å². The van der Waals surface area contributed by atoms with Crippen LogP contribution in [-0.2, 0) is 4.74 Å². The predicted molar refractivity (Wildman–Crippen MR) is 68.0 cm³/mol. The van der Waals surface area contributed by atoms with Gasteiger partial charge in [-0.15, -0.1) is 0 Å². The Labute approximate surface area is 118 Å². The summed E-state index contributed by atoms with van der Waals surface area (Å²) in [5.41, 5.74) is 1.94. The molecule has 1 aliphatic heterocycles. The first-order valence-corrected chi connectivity index (χ1v) is 6.53. The SMILES string of the molecule is OC[C@@H]1O[C@H]([n+]2c[nH]c3c4nccn4cnc32)C(O)[C@@H]1O. The van der Waals surface area contributed by atoms with Crippen molar-refractivity contribution in [2.75, 3.05) is 6.61 Å². The number of nitrogens with one attached hydrogen (secondary N) is 1. The van der Waals surface area contributed by atoms with Gasteiger partial charge in [0.1, 0.15) is 18.3 Å². The van der Waals surface area contributed by atoms with Crippen LogP contribution in [0.4, 0.5) is 0 Å². The van der Waals surface area contributed by atoms with Crippen LogP contribution in [0.3, 0.4) is 0 Å². The van der Waals surface area contributed by atoms with E-state index in [1.165, 1.54) is 0 Å². The van der Waals surface area contributed by atoms with E-state index in [1.54, 1.807) is 34.0 Å². The predicted octanol–water partition coefficient (Wildman–Crippen LogP) is -1.89. The Morgan fingerprint density at radius 2 is 2.19 bits per heavy atom. The molecule has 4 N–H and O–H groups in total. The number of rotatable bonds is 2. The molecule has 0 saturated carbocycles. The third kappa shape index (κ3) is 1.69. The minimum atomic E-state index is -1.15. The summed E-state index contributed by atoms with van der Waals surface area (Å²) in [6.45, 7) is -0.366. The van der Waals surface area contributed by atoms with Crippen molar-refractivity contribution in [3.8, 4) is 0 Å². The molecule has 3 aromatic rings. The van der Waals surface area contributed by atoms with Crippen molar-refractivity contribution in [1.82, 2.24) is 19.4 Å². The number of ether oxygens (including phenoxy) is 1. The Kier molecular flexibility index (Phi) is 2.69. The van der Waals surface area contributed by atoms with Gasteiger partial charge in [-0.2, -0.15) is 0 Å². The molecule has 0 bridgehead atoms. The molecule has 0 radical (unpaired) electrons. The van der Waals surface area contributed by atoms with Gasteiger partial charge in [0.05, 0.1) is 6.61 Å². The average Bonchev–Trinajstić information content (AvgIpc) is 3.17. The number of nitrogens with zero attached hydrogens (tertiary/aromatic N) is 4. The zero-order valence-corrected chi connectivity index (χ0v) is 10.9. The largest absolute Gasteiger partial charge is 0.394 e. The Morgan fingerprint density at radius 1 is 1.33 bits per heavy atom. The molecule has 1 fully saturated rings. The van der Waals surface area contributed by atoms with Crippen molar-refractivity contribution in [1.29, 1.82) is 0 Å². The van der Waals surface area contributed by atoms with E-state index in [-0.39, 0.29) is 6.61 Å². The van der Waals surface area contributed by atoms with Crippen molar-refractivity contribution in [3.05, 3.63) is 25.0 Å². The first-order valence-electron chi connectivity index (χ1n) is 6.53. The maximum Gasteiger partial charge on any atom is 0.309 e. The van der Waals surface area contributed by atoms with Gasteiger partial charge >= 0.3 is 5.65 Å². The summed E-state index contributed by atoms with van der Waals surface area (Å²) in [4.78, 5) is 11.6. The van der Waals surface area contributed by atoms with Gasteiger partial charge in [0.2, 0.25) is 11.7 Å². The lowest BCUT2D eigenvalue weighted by atomic mass is 10.1. The number of aliphatic hydroxyl groups excluding tert-OH is 3. The lowest BCUT2D eigenvalue weighted by Gasteiger charge is -2.11. The topological polar surface area (TPSA) is 120 Å². The molecular formula is C12H14N5O4+. The molecule has 1 saturated heterocycles. The van der Waals surface area contributed by atoms with Crippen molar-refractivity contribution in [2.24, 2.45) is 0 Å². The fraction of sp³-hybridized carbons (Fsp3) is 0.417.